The molecule has 1 unspecified atom stereocenters. The number of rotatable bonds is 6. The number of benzene rings is 2. The maximum absolute atomic E-state index is 13.3. The largest absolute Gasteiger partial charge is 0.495 e. The molecule has 0 aliphatic carbocycles. The second kappa shape index (κ2) is 8.82. The van der Waals surface area contributed by atoms with Crippen molar-refractivity contribution in [3.8, 4) is 11.4 Å². The molecule has 0 radical (unpaired) electrons. The van der Waals surface area contributed by atoms with Gasteiger partial charge in [-0.2, -0.15) is 16.9 Å². The molecule has 174 valence electrons. The van der Waals surface area contributed by atoms with Gasteiger partial charge in [-0.25, -0.2) is 4.68 Å². The number of ether oxygens (including phenoxy) is 1. The van der Waals surface area contributed by atoms with Gasteiger partial charge in [0.1, 0.15) is 11.6 Å². The van der Waals surface area contributed by atoms with E-state index in [2.05, 4.69) is 10.4 Å². The van der Waals surface area contributed by atoms with Crippen molar-refractivity contribution in [1.29, 1.82) is 0 Å². The summed E-state index contributed by atoms with van der Waals surface area (Å²) in [4.78, 5) is 38.1. The molecule has 34 heavy (non-hydrogen) atoms. The lowest BCUT2D eigenvalue weighted by molar-refractivity contribution is -0.384. The van der Waals surface area contributed by atoms with Crippen molar-refractivity contribution in [3.05, 3.63) is 69.9 Å². The van der Waals surface area contributed by atoms with Gasteiger partial charge in [-0.1, -0.05) is 12.1 Å². The number of methoxy groups -OCH3 is 1. The van der Waals surface area contributed by atoms with Gasteiger partial charge in [0.25, 0.3) is 5.69 Å². The number of hydrogen-bond donors (Lipinski definition) is 1. The van der Waals surface area contributed by atoms with Crippen LogP contribution in [0.15, 0.2) is 48.5 Å². The van der Waals surface area contributed by atoms with E-state index in [-0.39, 0.29) is 30.5 Å². The van der Waals surface area contributed by atoms with Crippen LogP contribution in [0.5, 0.6) is 5.75 Å². The summed E-state index contributed by atoms with van der Waals surface area (Å²) in [5.74, 6) is 1.59. The SMILES string of the molecule is COc1ccccc1N1CC(C(=O)Nc2c3c(nn2-c2ccc([N+](=O)[O-])cc2)CSC3)CC1=O. The highest BCUT2D eigenvalue weighted by molar-refractivity contribution is 7.98. The Kier molecular flexibility index (Phi) is 5.70. The Hall–Kier alpha value is -3.86. The fraction of sp³-hybridized carbons (Fsp3) is 0.261. The van der Waals surface area contributed by atoms with Gasteiger partial charge < -0.3 is 15.0 Å². The van der Waals surface area contributed by atoms with Crippen LogP contribution < -0.4 is 15.0 Å². The second-order valence-electron chi connectivity index (χ2n) is 8.02. The van der Waals surface area contributed by atoms with Crippen LogP contribution in [0.4, 0.5) is 17.2 Å². The molecule has 2 aromatic carbocycles. The summed E-state index contributed by atoms with van der Waals surface area (Å²) < 4.78 is 6.99. The molecule has 1 aromatic heterocycles. The summed E-state index contributed by atoms with van der Waals surface area (Å²) in [7, 11) is 1.54. The zero-order chi connectivity index (χ0) is 23.8. The Morgan fingerprint density at radius 3 is 2.71 bits per heavy atom. The first-order valence-electron chi connectivity index (χ1n) is 10.6. The van der Waals surface area contributed by atoms with Gasteiger partial charge in [-0.3, -0.25) is 19.7 Å². The van der Waals surface area contributed by atoms with Crippen LogP contribution in [0, 0.1) is 16.0 Å². The average molecular weight is 480 g/mol. The van der Waals surface area contributed by atoms with E-state index in [9.17, 15) is 19.7 Å². The minimum absolute atomic E-state index is 0.0227. The number of para-hydroxylation sites is 2. The topological polar surface area (TPSA) is 120 Å². The molecule has 2 aliphatic heterocycles. The monoisotopic (exact) mass is 479 g/mol. The van der Waals surface area contributed by atoms with Crippen LogP contribution in [-0.4, -0.2) is 40.2 Å². The van der Waals surface area contributed by atoms with Gasteiger partial charge >= 0.3 is 0 Å². The van der Waals surface area contributed by atoms with Crippen LogP contribution in [0.2, 0.25) is 0 Å². The summed E-state index contributed by atoms with van der Waals surface area (Å²) in [5.41, 5.74) is 3.03. The lowest BCUT2D eigenvalue weighted by Gasteiger charge is -2.19. The maximum atomic E-state index is 13.3. The van der Waals surface area contributed by atoms with Gasteiger partial charge in [0.05, 0.1) is 35.0 Å². The van der Waals surface area contributed by atoms with Crippen molar-refractivity contribution in [2.24, 2.45) is 5.92 Å². The molecule has 1 saturated heterocycles. The number of non-ortho nitro benzene ring substituents is 1. The van der Waals surface area contributed by atoms with Crippen LogP contribution >= 0.6 is 11.8 Å². The van der Waals surface area contributed by atoms with E-state index in [0.717, 1.165) is 17.0 Å². The molecule has 1 atom stereocenters. The number of nitro benzene ring substituents is 1. The third-order valence-corrected chi connectivity index (χ3v) is 6.94. The smallest absolute Gasteiger partial charge is 0.269 e. The van der Waals surface area contributed by atoms with E-state index < -0.39 is 10.8 Å². The lowest BCUT2D eigenvalue weighted by Crippen LogP contribution is -2.29. The standard InChI is InChI=1S/C23H21N5O5S/c1-33-20-5-3-2-4-19(20)26-11-14(10-21(26)29)23(30)24-22-17-12-34-13-18(17)25-27(22)15-6-8-16(9-7-15)28(31)32/h2-9,14H,10-13H2,1H3,(H,24,30). The maximum Gasteiger partial charge on any atom is 0.269 e. The number of nitro groups is 1. The van der Waals surface area contributed by atoms with Crippen molar-refractivity contribution in [2.45, 2.75) is 17.9 Å². The first-order valence-corrected chi connectivity index (χ1v) is 11.8. The number of carbonyl (C=O) groups is 2. The van der Waals surface area contributed by atoms with E-state index in [4.69, 9.17) is 4.74 Å². The summed E-state index contributed by atoms with van der Waals surface area (Å²) in [6.07, 6.45) is 0.0898. The molecule has 0 bridgehead atoms. The Morgan fingerprint density at radius 2 is 1.97 bits per heavy atom. The normalized spacial score (nSPS) is 17.0. The zero-order valence-corrected chi connectivity index (χ0v) is 19.1. The molecular formula is C23H21N5O5S. The Balaban J connectivity index is 1.40. The number of amides is 2. The summed E-state index contributed by atoms with van der Waals surface area (Å²) in [6, 6.07) is 13.2. The molecule has 2 aliphatic rings. The fourth-order valence-electron chi connectivity index (χ4n) is 4.23. The van der Waals surface area contributed by atoms with Crippen molar-refractivity contribution < 1.29 is 19.2 Å². The quantitative estimate of drug-likeness (QED) is 0.424. The number of anilines is 2. The van der Waals surface area contributed by atoms with Crippen LogP contribution in [0.3, 0.4) is 0 Å². The molecule has 3 heterocycles. The van der Waals surface area contributed by atoms with Crippen molar-refractivity contribution in [1.82, 2.24) is 9.78 Å². The molecule has 11 heteroatoms. The lowest BCUT2D eigenvalue weighted by atomic mass is 10.1. The molecule has 3 aromatic rings. The molecule has 0 saturated carbocycles. The van der Waals surface area contributed by atoms with Crippen molar-refractivity contribution in [3.63, 3.8) is 0 Å². The first kappa shape index (κ1) is 22.0. The number of thioether (sulfide) groups is 1. The van der Waals surface area contributed by atoms with Gasteiger partial charge in [0.15, 0.2) is 0 Å². The van der Waals surface area contributed by atoms with E-state index in [1.54, 1.807) is 52.7 Å². The first-order chi connectivity index (χ1) is 16.5. The van der Waals surface area contributed by atoms with E-state index in [0.29, 0.717) is 28.7 Å². The molecule has 2 amide bonds. The summed E-state index contributed by atoms with van der Waals surface area (Å²) >= 11 is 1.70. The summed E-state index contributed by atoms with van der Waals surface area (Å²) in [5, 5.41) is 18.6. The number of nitrogens with zero attached hydrogens (tertiary/aromatic N) is 4. The van der Waals surface area contributed by atoms with Crippen molar-refractivity contribution in [2.75, 3.05) is 23.9 Å². The predicted octanol–water partition coefficient (Wildman–Crippen LogP) is 3.53. The van der Waals surface area contributed by atoms with E-state index in [1.807, 2.05) is 12.1 Å². The molecule has 1 N–H and O–H groups in total. The molecular weight excluding hydrogens is 458 g/mol. The Labute approximate surface area is 199 Å². The molecule has 0 spiro atoms. The van der Waals surface area contributed by atoms with Gasteiger partial charge in [-0.15, -0.1) is 0 Å². The van der Waals surface area contributed by atoms with Crippen LogP contribution in [0.25, 0.3) is 5.69 Å². The highest BCUT2D eigenvalue weighted by Gasteiger charge is 2.37. The molecule has 10 nitrogen and oxygen atoms in total. The fourth-order valence-corrected chi connectivity index (χ4v) is 5.27. The zero-order valence-electron chi connectivity index (χ0n) is 18.3. The molecule has 1 fully saturated rings. The average Bonchev–Trinajstić information content (AvgIpc) is 3.55. The highest BCUT2D eigenvalue weighted by atomic mass is 32.2. The van der Waals surface area contributed by atoms with Gasteiger partial charge in [0.2, 0.25) is 11.8 Å². The van der Waals surface area contributed by atoms with Crippen LogP contribution in [0.1, 0.15) is 17.7 Å². The number of nitrogens with one attached hydrogen (secondary N) is 1. The molecule has 5 rings (SSSR count). The van der Waals surface area contributed by atoms with E-state index >= 15 is 0 Å². The van der Waals surface area contributed by atoms with Crippen molar-refractivity contribution >= 4 is 40.8 Å². The second-order valence-corrected chi connectivity index (χ2v) is 9.00. The number of fused-ring (bicyclic) bond motifs is 1. The number of aromatic nitrogens is 2. The number of carbonyl (C=O) groups excluding carboxylic acids is 2. The van der Waals surface area contributed by atoms with Gasteiger partial charge in [-0.05, 0) is 24.3 Å². The highest BCUT2D eigenvalue weighted by Crippen LogP contribution is 2.37. The third-order valence-electron chi connectivity index (χ3n) is 5.97. The third kappa shape index (κ3) is 3.87. The minimum Gasteiger partial charge on any atom is -0.495 e. The van der Waals surface area contributed by atoms with Gasteiger partial charge in [0, 0.05) is 42.2 Å². The van der Waals surface area contributed by atoms with E-state index in [1.165, 1.54) is 12.1 Å². The number of hydrogen-bond acceptors (Lipinski definition) is 7. The summed E-state index contributed by atoms with van der Waals surface area (Å²) in [6.45, 7) is 0.244. The minimum atomic E-state index is -0.540. The Bertz CT molecular complexity index is 1290. The predicted molar refractivity (Wildman–Crippen MR) is 127 cm³/mol. The Morgan fingerprint density at radius 1 is 1.21 bits per heavy atom. The van der Waals surface area contributed by atoms with Crippen LogP contribution in [-0.2, 0) is 21.1 Å².